The number of pyridine rings is 2. The van der Waals surface area contributed by atoms with E-state index < -0.39 is 35.5 Å². The molecule has 1 N–H and O–H groups in total. The van der Waals surface area contributed by atoms with Crippen molar-refractivity contribution in [3.8, 4) is 39.8 Å². The van der Waals surface area contributed by atoms with Crippen molar-refractivity contribution < 1.29 is 45.7 Å². The normalized spacial score (nSPS) is 11.8. The Labute approximate surface area is 238 Å². The quantitative estimate of drug-likeness (QED) is 0.151. The van der Waals surface area contributed by atoms with Crippen LogP contribution in [0.2, 0.25) is 0 Å². The fourth-order valence-electron chi connectivity index (χ4n) is 4.12. The molecule has 0 fully saturated rings. The molecule has 0 radical (unpaired) electrons. The van der Waals surface area contributed by atoms with Crippen molar-refractivity contribution in [3.63, 3.8) is 0 Å². The summed E-state index contributed by atoms with van der Waals surface area (Å²) in [6, 6.07) is 19.1. The average molecular weight is 600 g/mol. The van der Waals surface area contributed by atoms with Crippen LogP contribution in [0.1, 0.15) is 16.8 Å². The number of nitrogens with zero attached hydrogens (tertiary/aromatic N) is 4. The van der Waals surface area contributed by atoms with Crippen LogP contribution >= 0.6 is 0 Å². The van der Waals surface area contributed by atoms with Gasteiger partial charge in [0.25, 0.3) is 0 Å². The molecule has 0 saturated carbocycles. The van der Waals surface area contributed by atoms with Crippen molar-refractivity contribution in [1.29, 1.82) is 0 Å². The van der Waals surface area contributed by atoms with Crippen LogP contribution in [0.15, 0.2) is 91.3 Å². The van der Waals surface area contributed by atoms with Gasteiger partial charge in [-0.05, 0) is 53.1 Å². The molecule has 0 spiro atoms. The third-order valence-electron chi connectivity index (χ3n) is 6.07. The zero-order valence-corrected chi connectivity index (χ0v) is 21.6. The first-order valence-electron chi connectivity index (χ1n) is 12.3. The highest BCUT2D eigenvalue weighted by atomic mass is 19.4. The number of aromatic nitrogens is 4. The minimum Gasteiger partial charge on any atom is -0.472 e. The largest absolute Gasteiger partial charge is 0.511 e. The Balaban J connectivity index is 1.36. The number of carboxylic acid groups (broad SMARTS) is 1. The molecule has 5 rings (SSSR count). The van der Waals surface area contributed by atoms with Crippen molar-refractivity contribution in [3.05, 3.63) is 108 Å². The zero-order valence-electron chi connectivity index (χ0n) is 21.6. The minimum atomic E-state index is -5.01. The van der Waals surface area contributed by atoms with Gasteiger partial charge in [-0.2, -0.15) is 31.4 Å². The van der Waals surface area contributed by atoms with Gasteiger partial charge in [-0.3, -0.25) is 0 Å². The van der Waals surface area contributed by atoms with Gasteiger partial charge in [0.2, 0.25) is 5.88 Å². The van der Waals surface area contributed by atoms with E-state index in [-0.39, 0.29) is 24.0 Å². The summed E-state index contributed by atoms with van der Waals surface area (Å²) in [5.74, 6) is -1.13. The number of halogens is 6. The van der Waals surface area contributed by atoms with Gasteiger partial charge in [0.15, 0.2) is 17.3 Å². The zero-order chi connectivity index (χ0) is 30.8. The Bertz CT molecular complexity index is 1750. The maximum absolute atomic E-state index is 13.8. The summed E-state index contributed by atoms with van der Waals surface area (Å²) in [6.07, 6.45) is -9.28. The van der Waals surface area contributed by atoms with Crippen LogP contribution < -0.4 is 9.47 Å². The van der Waals surface area contributed by atoms with Gasteiger partial charge >= 0.3 is 18.5 Å². The van der Waals surface area contributed by atoms with Crippen molar-refractivity contribution in [1.82, 2.24) is 19.7 Å². The molecular formula is C29H18F6N4O4. The van der Waals surface area contributed by atoms with E-state index in [0.717, 1.165) is 12.1 Å². The molecule has 0 unspecified atom stereocenters. The van der Waals surface area contributed by atoms with E-state index in [0.29, 0.717) is 33.1 Å². The van der Waals surface area contributed by atoms with Crippen LogP contribution in [0.5, 0.6) is 11.6 Å². The lowest BCUT2D eigenvalue weighted by Crippen LogP contribution is -2.17. The standard InChI is InChI=1S/C29H18F6N4O4/c30-28(31,32)20-12-10-19(11-13-20)18-8-6-17(7-9-18)16-42-26-21(3-2-14-36-26)22-4-1-5-24(38-22)39-25(29(33,34)35)23(15-37-39)43-27(40)41/h1-15H,16H2,(H,40,41). The molecule has 0 aliphatic carbocycles. The smallest absolute Gasteiger partial charge is 0.472 e. The van der Waals surface area contributed by atoms with Gasteiger partial charge in [-0.15, -0.1) is 0 Å². The van der Waals surface area contributed by atoms with Gasteiger partial charge in [0.1, 0.15) is 6.61 Å². The molecule has 8 nitrogen and oxygen atoms in total. The maximum atomic E-state index is 13.8. The Morgan fingerprint density at radius 3 is 2.14 bits per heavy atom. The van der Waals surface area contributed by atoms with Gasteiger partial charge < -0.3 is 14.6 Å². The van der Waals surface area contributed by atoms with E-state index in [1.807, 2.05) is 0 Å². The lowest BCUT2D eigenvalue weighted by Gasteiger charge is -2.13. The fraction of sp³-hybridized carbons (Fsp3) is 0.103. The molecule has 5 aromatic rings. The molecule has 0 aliphatic heterocycles. The lowest BCUT2D eigenvalue weighted by atomic mass is 10.0. The van der Waals surface area contributed by atoms with Gasteiger partial charge in [-0.1, -0.05) is 42.5 Å². The molecule has 0 aliphatic rings. The van der Waals surface area contributed by atoms with Gasteiger partial charge in [0.05, 0.1) is 23.0 Å². The van der Waals surface area contributed by atoms with Crippen LogP contribution in [-0.2, 0) is 19.0 Å². The highest BCUT2D eigenvalue weighted by Crippen LogP contribution is 2.38. The van der Waals surface area contributed by atoms with E-state index in [1.165, 1.54) is 36.5 Å². The van der Waals surface area contributed by atoms with Crippen LogP contribution in [0.25, 0.3) is 28.2 Å². The molecule has 43 heavy (non-hydrogen) atoms. The van der Waals surface area contributed by atoms with Crippen LogP contribution in [0.3, 0.4) is 0 Å². The van der Waals surface area contributed by atoms with Crippen LogP contribution in [-0.4, -0.2) is 31.0 Å². The number of carbonyl (C=O) groups is 1. The molecule has 0 amide bonds. The second-order valence-electron chi connectivity index (χ2n) is 8.93. The summed E-state index contributed by atoms with van der Waals surface area (Å²) >= 11 is 0. The molecule has 3 aromatic heterocycles. The van der Waals surface area contributed by atoms with Crippen molar-refractivity contribution >= 4 is 6.16 Å². The number of hydrogen-bond donors (Lipinski definition) is 1. The topological polar surface area (TPSA) is 99.4 Å². The molecule has 3 heterocycles. The van der Waals surface area contributed by atoms with E-state index in [4.69, 9.17) is 9.84 Å². The number of ether oxygens (including phenoxy) is 2. The fourth-order valence-corrected chi connectivity index (χ4v) is 4.12. The second kappa shape index (κ2) is 11.5. The first-order valence-corrected chi connectivity index (χ1v) is 12.3. The summed E-state index contributed by atoms with van der Waals surface area (Å²) in [5, 5.41) is 12.4. The van der Waals surface area contributed by atoms with E-state index in [2.05, 4.69) is 19.8 Å². The first kappa shape index (κ1) is 29.1. The Kier molecular flexibility index (Phi) is 7.76. The highest BCUT2D eigenvalue weighted by Gasteiger charge is 2.41. The van der Waals surface area contributed by atoms with Crippen LogP contribution in [0.4, 0.5) is 31.1 Å². The summed E-state index contributed by atoms with van der Waals surface area (Å²) in [5.41, 5.74) is 0.371. The summed E-state index contributed by atoms with van der Waals surface area (Å²) in [4.78, 5) is 19.3. The molecule has 14 heteroatoms. The molecule has 2 aromatic carbocycles. The third kappa shape index (κ3) is 6.58. The Hall–Kier alpha value is -5.40. The monoisotopic (exact) mass is 600 g/mol. The number of rotatable bonds is 7. The predicted molar refractivity (Wildman–Crippen MR) is 139 cm³/mol. The van der Waals surface area contributed by atoms with Gasteiger partial charge in [-0.25, -0.2) is 19.4 Å². The predicted octanol–water partition coefficient (Wildman–Crippen LogP) is 7.67. The van der Waals surface area contributed by atoms with Crippen molar-refractivity contribution in [2.75, 3.05) is 0 Å². The van der Waals surface area contributed by atoms with Crippen molar-refractivity contribution in [2.45, 2.75) is 19.0 Å². The van der Waals surface area contributed by atoms with E-state index in [1.54, 1.807) is 36.4 Å². The maximum Gasteiger partial charge on any atom is 0.511 e. The lowest BCUT2D eigenvalue weighted by molar-refractivity contribution is -0.144. The Morgan fingerprint density at radius 2 is 1.51 bits per heavy atom. The molecule has 0 atom stereocenters. The second-order valence-corrected chi connectivity index (χ2v) is 8.93. The summed E-state index contributed by atoms with van der Waals surface area (Å²) < 4.78 is 90.4. The Morgan fingerprint density at radius 1 is 0.837 bits per heavy atom. The van der Waals surface area contributed by atoms with Gasteiger partial charge in [0, 0.05) is 6.20 Å². The SMILES string of the molecule is O=C(O)Oc1cnn(-c2cccc(-c3cccnc3OCc3ccc(-c4ccc(C(F)(F)F)cc4)cc3)n2)c1C(F)(F)F. The highest BCUT2D eigenvalue weighted by molar-refractivity contribution is 5.66. The first-order chi connectivity index (χ1) is 20.4. The summed E-state index contributed by atoms with van der Waals surface area (Å²) in [7, 11) is 0. The average Bonchev–Trinajstić information content (AvgIpc) is 3.40. The number of benzene rings is 2. The van der Waals surface area contributed by atoms with E-state index in [9.17, 15) is 31.1 Å². The molecular weight excluding hydrogens is 582 g/mol. The third-order valence-corrected chi connectivity index (χ3v) is 6.07. The van der Waals surface area contributed by atoms with Crippen molar-refractivity contribution in [2.24, 2.45) is 0 Å². The number of alkyl halides is 6. The van der Waals surface area contributed by atoms with Crippen LogP contribution in [0, 0.1) is 0 Å². The molecule has 0 saturated heterocycles. The minimum absolute atomic E-state index is 0.0459. The van der Waals surface area contributed by atoms with E-state index >= 15 is 0 Å². The molecule has 220 valence electrons. The summed E-state index contributed by atoms with van der Waals surface area (Å²) in [6.45, 7) is 0.0459. The number of hydrogen-bond acceptors (Lipinski definition) is 6. The molecule has 0 bridgehead atoms.